The number of hydrogen-bond donors (Lipinski definition) is 1. The summed E-state index contributed by atoms with van der Waals surface area (Å²) in [6, 6.07) is 0. The first-order valence-electron chi connectivity index (χ1n) is 5.20. The molecule has 1 heterocycles. The van der Waals surface area contributed by atoms with Crippen LogP contribution >= 0.6 is 0 Å². The average Bonchev–Trinajstić information content (AvgIpc) is 2.62. The van der Waals surface area contributed by atoms with Crippen LogP contribution in [-0.2, 0) is 4.84 Å². The molecule has 7 nitrogen and oxygen atoms in total. The Morgan fingerprint density at radius 1 is 1.53 bits per heavy atom. The third-order valence-corrected chi connectivity index (χ3v) is 1.91. The molecule has 7 heteroatoms. The van der Waals surface area contributed by atoms with Gasteiger partial charge in [-0.05, 0) is 6.92 Å². The lowest BCUT2D eigenvalue weighted by atomic mass is 9.95. The van der Waals surface area contributed by atoms with Crippen LogP contribution in [0, 0.1) is 12.3 Å². The van der Waals surface area contributed by atoms with Crippen LogP contribution in [0.2, 0.25) is 0 Å². The number of nitrogens with one attached hydrogen (secondary N) is 1. The fourth-order valence-corrected chi connectivity index (χ4v) is 1.10. The van der Waals surface area contributed by atoms with Gasteiger partial charge in [-0.3, -0.25) is 4.84 Å². The first-order valence-corrected chi connectivity index (χ1v) is 5.20. The highest BCUT2D eigenvalue weighted by molar-refractivity contribution is 5.88. The molecule has 0 fully saturated rings. The highest BCUT2D eigenvalue weighted by Crippen LogP contribution is 2.17. The summed E-state index contributed by atoms with van der Waals surface area (Å²) in [7, 11) is 1.47. The van der Waals surface area contributed by atoms with E-state index in [0.717, 1.165) is 0 Å². The van der Waals surface area contributed by atoms with E-state index >= 15 is 0 Å². The second kappa shape index (κ2) is 4.94. The van der Waals surface area contributed by atoms with Gasteiger partial charge in [0.25, 0.3) is 0 Å². The Kier molecular flexibility index (Phi) is 3.82. The molecule has 94 valence electrons. The van der Waals surface area contributed by atoms with E-state index in [1.807, 2.05) is 20.8 Å². The molecule has 0 saturated carbocycles. The van der Waals surface area contributed by atoms with Crippen LogP contribution in [0.3, 0.4) is 0 Å². The number of carbonyl (C=O) groups excluding carboxylic acids is 1. The quantitative estimate of drug-likeness (QED) is 0.345. The molecule has 0 unspecified atom stereocenters. The van der Waals surface area contributed by atoms with Crippen LogP contribution in [0.25, 0.3) is 0 Å². The number of hydrogen-bond acceptors (Lipinski definition) is 5. The van der Waals surface area contributed by atoms with Crippen molar-refractivity contribution in [1.29, 1.82) is 0 Å². The first-order chi connectivity index (χ1) is 7.84. The standard InChI is InChI=1S/C10H17N5O2/c1-7-12-6-15(13-7)8(10(2,3)4)14-17-9(16)11-5/h6H,1-5H3,(H,11,16). The molecule has 0 aliphatic carbocycles. The van der Waals surface area contributed by atoms with Gasteiger partial charge in [0.1, 0.15) is 12.2 Å². The second-order valence-corrected chi connectivity index (χ2v) is 4.53. The van der Waals surface area contributed by atoms with Crippen molar-refractivity contribution in [3.05, 3.63) is 12.2 Å². The van der Waals surface area contributed by atoms with Crippen molar-refractivity contribution in [2.24, 2.45) is 10.6 Å². The molecule has 1 rings (SSSR count). The average molecular weight is 239 g/mol. The molecule has 0 aliphatic heterocycles. The molecule has 0 spiro atoms. The van der Waals surface area contributed by atoms with Gasteiger partial charge in [-0.15, -0.1) is 0 Å². The Labute approximate surface area is 99.9 Å². The lowest BCUT2D eigenvalue weighted by Crippen LogP contribution is -2.30. The van der Waals surface area contributed by atoms with Gasteiger partial charge in [0.15, 0.2) is 5.84 Å². The summed E-state index contributed by atoms with van der Waals surface area (Å²) in [4.78, 5) is 19.7. The zero-order chi connectivity index (χ0) is 13.1. The predicted octanol–water partition coefficient (Wildman–Crippen LogP) is 1.15. The van der Waals surface area contributed by atoms with Gasteiger partial charge in [-0.25, -0.2) is 14.5 Å². The summed E-state index contributed by atoms with van der Waals surface area (Å²) < 4.78 is 1.50. The largest absolute Gasteiger partial charge is 0.433 e. The lowest BCUT2D eigenvalue weighted by Gasteiger charge is -2.19. The molecular weight excluding hydrogens is 222 g/mol. The number of nitrogens with zero attached hydrogens (tertiary/aromatic N) is 4. The summed E-state index contributed by atoms with van der Waals surface area (Å²) in [5, 5.41) is 10.3. The first kappa shape index (κ1) is 13.1. The molecule has 1 N–H and O–H groups in total. The Balaban J connectivity index is 3.01. The zero-order valence-corrected chi connectivity index (χ0v) is 10.7. The number of rotatable bonds is 1. The molecule has 0 bridgehead atoms. The second-order valence-electron chi connectivity index (χ2n) is 4.53. The van der Waals surface area contributed by atoms with E-state index in [2.05, 4.69) is 20.6 Å². The maximum atomic E-state index is 11.0. The number of oxime groups is 1. The minimum atomic E-state index is -0.622. The molecule has 1 amide bonds. The topological polar surface area (TPSA) is 81.4 Å². The maximum Gasteiger partial charge on any atom is 0.433 e. The van der Waals surface area contributed by atoms with Crippen LogP contribution in [-0.4, -0.2) is 33.7 Å². The van der Waals surface area contributed by atoms with Gasteiger partial charge in [0, 0.05) is 12.5 Å². The van der Waals surface area contributed by atoms with Gasteiger partial charge in [-0.1, -0.05) is 25.9 Å². The number of amides is 1. The van der Waals surface area contributed by atoms with Crippen molar-refractivity contribution in [3.63, 3.8) is 0 Å². The van der Waals surface area contributed by atoms with Crippen LogP contribution < -0.4 is 5.32 Å². The van der Waals surface area contributed by atoms with Crippen molar-refractivity contribution in [3.8, 4) is 0 Å². The Morgan fingerprint density at radius 3 is 2.59 bits per heavy atom. The summed E-state index contributed by atoms with van der Waals surface area (Å²) in [5.74, 6) is 1.13. The molecule has 0 saturated heterocycles. The molecule has 0 atom stereocenters. The molecule has 0 radical (unpaired) electrons. The normalized spacial score (nSPS) is 12.4. The molecule has 17 heavy (non-hydrogen) atoms. The smallest absolute Gasteiger partial charge is 0.323 e. The van der Waals surface area contributed by atoms with Crippen LogP contribution in [0.1, 0.15) is 26.6 Å². The fraction of sp³-hybridized carbons (Fsp3) is 0.600. The van der Waals surface area contributed by atoms with E-state index < -0.39 is 6.09 Å². The Bertz CT molecular complexity index is 430. The van der Waals surface area contributed by atoms with E-state index in [4.69, 9.17) is 4.84 Å². The van der Waals surface area contributed by atoms with Gasteiger partial charge >= 0.3 is 6.09 Å². The van der Waals surface area contributed by atoms with E-state index in [1.54, 1.807) is 6.92 Å². The van der Waals surface area contributed by atoms with Crippen molar-refractivity contribution < 1.29 is 9.63 Å². The van der Waals surface area contributed by atoms with E-state index in [9.17, 15) is 4.79 Å². The van der Waals surface area contributed by atoms with Crippen LogP contribution in [0.15, 0.2) is 11.5 Å². The summed E-state index contributed by atoms with van der Waals surface area (Å²) >= 11 is 0. The zero-order valence-electron chi connectivity index (χ0n) is 10.7. The summed E-state index contributed by atoms with van der Waals surface area (Å²) in [6.07, 6.45) is 0.913. The monoisotopic (exact) mass is 239 g/mol. The summed E-state index contributed by atoms with van der Waals surface area (Å²) in [6.45, 7) is 7.60. The minimum absolute atomic E-state index is 0.325. The number of carbonyl (C=O) groups is 1. The van der Waals surface area contributed by atoms with E-state index in [0.29, 0.717) is 11.7 Å². The predicted molar refractivity (Wildman–Crippen MR) is 62.6 cm³/mol. The van der Waals surface area contributed by atoms with Gasteiger partial charge < -0.3 is 5.32 Å². The third kappa shape index (κ3) is 3.54. The molecule has 0 aliphatic rings. The number of aryl methyl sites for hydroxylation is 1. The Hall–Kier alpha value is -1.92. The van der Waals surface area contributed by atoms with E-state index in [-0.39, 0.29) is 5.41 Å². The third-order valence-electron chi connectivity index (χ3n) is 1.91. The molecule has 0 aromatic carbocycles. The van der Waals surface area contributed by atoms with Crippen molar-refractivity contribution in [2.75, 3.05) is 7.05 Å². The summed E-state index contributed by atoms with van der Waals surface area (Å²) in [5.41, 5.74) is -0.325. The minimum Gasteiger partial charge on any atom is -0.323 e. The Morgan fingerprint density at radius 2 is 2.18 bits per heavy atom. The number of aromatic nitrogens is 3. The molecular formula is C10H17N5O2. The molecule has 1 aromatic heterocycles. The fourth-order valence-electron chi connectivity index (χ4n) is 1.10. The van der Waals surface area contributed by atoms with Gasteiger partial charge in [0.2, 0.25) is 0 Å². The van der Waals surface area contributed by atoms with Crippen LogP contribution in [0.4, 0.5) is 4.79 Å². The van der Waals surface area contributed by atoms with Crippen molar-refractivity contribution >= 4 is 11.9 Å². The van der Waals surface area contributed by atoms with Crippen molar-refractivity contribution in [2.45, 2.75) is 27.7 Å². The van der Waals surface area contributed by atoms with Gasteiger partial charge in [-0.2, -0.15) is 5.10 Å². The van der Waals surface area contributed by atoms with E-state index in [1.165, 1.54) is 18.1 Å². The van der Waals surface area contributed by atoms with Crippen LogP contribution in [0.5, 0.6) is 0 Å². The SMILES string of the molecule is CNC(=O)ON=C(n1cnc(C)n1)C(C)(C)C. The maximum absolute atomic E-state index is 11.0. The highest BCUT2D eigenvalue weighted by Gasteiger charge is 2.23. The highest BCUT2D eigenvalue weighted by atomic mass is 16.7. The molecule has 1 aromatic rings. The van der Waals surface area contributed by atoms with Gasteiger partial charge in [0.05, 0.1) is 0 Å². The van der Waals surface area contributed by atoms with Crippen molar-refractivity contribution in [1.82, 2.24) is 20.1 Å². The lowest BCUT2D eigenvalue weighted by molar-refractivity contribution is 0.151.